The van der Waals surface area contributed by atoms with Crippen LogP contribution >= 0.6 is 0 Å². The first kappa shape index (κ1) is 29.3. The topological polar surface area (TPSA) is 143 Å². The predicted octanol–water partition coefficient (Wildman–Crippen LogP) is 3.43. The van der Waals surface area contributed by atoms with Gasteiger partial charge in [0, 0.05) is 26.1 Å². The van der Waals surface area contributed by atoms with E-state index in [-0.39, 0.29) is 12.5 Å². The minimum absolute atomic E-state index is 0.187. The summed E-state index contributed by atoms with van der Waals surface area (Å²) >= 11 is 0. The highest BCUT2D eigenvalue weighted by atomic mass is 16.2. The van der Waals surface area contributed by atoms with Gasteiger partial charge < -0.3 is 27.0 Å². The smallest absolute Gasteiger partial charge is 0.312 e. The Kier molecular flexibility index (Phi) is 10.5. The molecule has 6 N–H and O–H groups in total. The molecule has 41 heavy (non-hydrogen) atoms. The summed E-state index contributed by atoms with van der Waals surface area (Å²) < 4.78 is 0. The van der Waals surface area contributed by atoms with Gasteiger partial charge in [-0.05, 0) is 35.1 Å². The fourth-order valence-electron chi connectivity index (χ4n) is 5.12. The van der Waals surface area contributed by atoms with Gasteiger partial charge in [-0.3, -0.25) is 14.6 Å². The molecule has 0 radical (unpaired) electrons. The lowest BCUT2D eigenvalue weighted by molar-refractivity contribution is -0.141. The molecule has 3 aromatic carbocycles. The number of carbonyl (C=O) groups excluding carboxylic acids is 3. The van der Waals surface area contributed by atoms with Crippen molar-refractivity contribution in [3.05, 3.63) is 107 Å². The third-order valence-electron chi connectivity index (χ3n) is 7.23. The first-order valence-corrected chi connectivity index (χ1v) is 14.0. The van der Waals surface area contributed by atoms with Crippen LogP contribution in [0.15, 0.2) is 89.9 Å². The summed E-state index contributed by atoms with van der Waals surface area (Å²) in [5, 5.41) is 5.85. The predicted molar refractivity (Wildman–Crippen MR) is 160 cm³/mol. The maximum atomic E-state index is 14.5. The van der Waals surface area contributed by atoms with E-state index < -0.39 is 23.9 Å². The van der Waals surface area contributed by atoms with Crippen LogP contribution < -0.4 is 22.1 Å². The molecular formula is C32H38N6O3. The molecule has 0 aromatic heterocycles. The highest BCUT2D eigenvalue weighted by Gasteiger charge is 2.34. The lowest BCUT2D eigenvalue weighted by Gasteiger charge is -2.33. The molecule has 1 heterocycles. The molecule has 0 spiro atoms. The average Bonchev–Trinajstić information content (AvgIpc) is 3.50. The van der Waals surface area contributed by atoms with Crippen LogP contribution in [-0.4, -0.2) is 47.7 Å². The molecule has 4 rings (SSSR count). The van der Waals surface area contributed by atoms with Crippen molar-refractivity contribution in [3.8, 4) is 0 Å². The van der Waals surface area contributed by atoms with Gasteiger partial charge in [-0.15, -0.1) is 0 Å². The van der Waals surface area contributed by atoms with Crippen molar-refractivity contribution >= 4 is 23.7 Å². The molecule has 9 heteroatoms. The van der Waals surface area contributed by atoms with Gasteiger partial charge in [0.25, 0.3) is 0 Å². The van der Waals surface area contributed by atoms with E-state index in [4.69, 9.17) is 11.5 Å². The molecule has 0 unspecified atom stereocenters. The Balaban J connectivity index is 1.62. The van der Waals surface area contributed by atoms with Crippen LogP contribution in [0, 0.1) is 0 Å². The number of nitrogens with one attached hydrogen (secondary N) is 2. The number of rotatable bonds is 14. The number of carbonyl (C=O) groups is 3. The summed E-state index contributed by atoms with van der Waals surface area (Å²) in [4.78, 5) is 44.6. The molecule has 0 bridgehead atoms. The van der Waals surface area contributed by atoms with Crippen LogP contribution in [0.25, 0.3) is 0 Å². The van der Waals surface area contributed by atoms with E-state index in [2.05, 4.69) is 15.6 Å². The molecule has 0 saturated heterocycles. The number of aliphatic imine (C=N–C) groups is 1. The molecule has 0 saturated carbocycles. The minimum atomic E-state index is -0.785. The van der Waals surface area contributed by atoms with Crippen molar-refractivity contribution in [2.75, 3.05) is 13.1 Å². The van der Waals surface area contributed by atoms with Crippen molar-refractivity contribution in [1.29, 1.82) is 0 Å². The SMILES string of the molecule is NC(=O)NCc1ccc(CN(C(=O)C(c2ccccc2)c2ccccc2)[C@H](CCCCC2=NCCN2)C(N)=O)cc1. The van der Waals surface area contributed by atoms with Gasteiger partial charge in [-0.2, -0.15) is 0 Å². The third-order valence-corrected chi connectivity index (χ3v) is 7.23. The van der Waals surface area contributed by atoms with E-state index in [1.807, 2.05) is 84.9 Å². The Morgan fingerprint density at radius 3 is 2.00 bits per heavy atom. The van der Waals surface area contributed by atoms with E-state index in [0.29, 0.717) is 13.0 Å². The summed E-state index contributed by atoms with van der Waals surface area (Å²) in [6, 6.07) is 25.3. The highest BCUT2D eigenvalue weighted by Crippen LogP contribution is 2.29. The molecular weight excluding hydrogens is 516 g/mol. The number of unbranched alkanes of at least 4 members (excludes halogenated alkanes) is 1. The molecule has 3 aromatic rings. The lowest BCUT2D eigenvalue weighted by atomic mass is 9.89. The van der Waals surface area contributed by atoms with Gasteiger partial charge in [0.05, 0.1) is 18.3 Å². The van der Waals surface area contributed by atoms with Crippen molar-refractivity contribution in [1.82, 2.24) is 15.5 Å². The Hall–Kier alpha value is -4.66. The normalized spacial score (nSPS) is 13.2. The first-order chi connectivity index (χ1) is 19.9. The molecule has 1 aliphatic heterocycles. The maximum Gasteiger partial charge on any atom is 0.312 e. The molecule has 1 aliphatic rings. The molecule has 1 atom stereocenters. The van der Waals surface area contributed by atoms with Crippen LogP contribution in [-0.2, 0) is 22.7 Å². The van der Waals surface area contributed by atoms with Crippen LogP contribution in [0.3, 0.4) is 0 Å². The van der Waals surface area contributed by atoms with Crippen LogP contribution in [0.4, 0.5) is 4.79 Å². The van der Waals surface area contributed by atoms with Gasteiger partial charge in [-0.1, -0.05) is 91.3 Å². The third kappa shape index (κ3) is 8.41. The Bertz CT molecular complexity index is 1290. The largest absolute Gasteiger partial charge is 0.372 e. The van der Waals surface area contributed by atoms with Gasteiger partial charge in [0.1, 0.15) is 6.04 Å². The Morgan fingerprint density at radius 2 is 1.46 bits per heavy atom. The van der Waals surface area contributed by atoms with E-state index >= 15 is 0 Å². The van der Waals surface area contributed by atoms with Crippen molar-refractivity contribution < 1.29 is 14.4 Å². The van der Waals surface area contributed by atoms with E-state index in [1.54, 1.807) is 4.90 Å². The zero-order valence-corrected chi connectivity index (χ0v) is 23.2. The second kappa shape index (κ2) is 14.6. The molecule has 9 nitrogen and oxygen atoms in total. The fourth-order valence-corrected chi connectivity index (χ4v) is 5.12. The summed E-state index contributed by atoms with van der Waals surface area (Å²) in [6.07, 6.45) is 2.80. The number of primary amides is 2. The number of amidine groups is 1. The van der Waals surface area contributed by atoms with Gasteiger partial charge in [0.2, 0.25) is 11.8 Å². The van der Waals surface area contributed by atoms with E-state index in [0.717, 1.165) is 60.4 Å². The molecule has 0 aliphatic carbocycles. The number of amides is 4. The van der Waals surface area contributed by atoms with Gasteiger partial charge in [-0.25, -0.2) is 4.79 Å². The number of hydrogen-bond donors (Lipinski definition) is 4. The van der Waals surface area contributed by atoms with Crippen molar-refractivity contribution in [3.63, 3.8) is 0 Å². The monoisotopic (exact) mass is 554 g/mol. The maximum absolute atomic E-state index is 14.5. The van der Waals surface area contributed by atoms with Crippen molar-refractivity contribution in [2.45, 2.75) is 50.7 Å². The van der Waals surface area contributed by atoms with Crippen molar-refractivity contribution in [2.24, 2.45) is 16.5 Å². The van der Waals surface area contributed by atoms with Crippen LogP contribution in [0.5, 0.6) is 0 Å². The minimum Gasteiger partial charge on any atom is -0.372 e. The fraction of sp³-hybridized carbons (Fsp3) is 0.312. The number of nitrogens with two attached hydrogens (primary N) is 2. The summed E-state index contributed by atoms with van der Waals surface area (Å²) in [5.41, 5.74) is 14.6. The molecule has 4 amide bonds. The standard InChI is InChI=1S/C32H38N6O3/c33-30(39)27(13-7-8-14-28-35-19-20-36-28)38(22-24-17-15-23(16-18-24)21-37-32(34)41)31(40)29(25-9-3-1-4-10-25)26-11-5-2-6-12-26/h1-6,9-12,15-18,27,29H,7-8,13-14,19-22H2,(H2,33,39)(H,35,36)(H3,34,37,41)/t27-/m1/s1. The number of benzene rings is 3. The van der Waals surface area contributed by atoms with Crippen LogP contribution in [0.1, 0.15) is 53.9 Å². The van der Waals surface area contributed by atoms with Crippen LogP contribution in [0.2, 0.25) is 0 Å². The quantitative estimate of drug-likeness (QED) is 0.226. The van der Waals surface area contributed by atoms with E-state index in [9.17, 15) is 14.4 Å². The van der Waals surface area contributed by atoms with Gasteiger partial charge in [0.15, 0.2) is 0 Å². The summed E-state index contributed by atoms with van der Waals surface area (Å²) in [5.74, 6) is -0.327. The second-order valence-electron chi connectivity index (χ2n) is 10.2. The van der Waals surface area contributed by atoms with E-state index in [1.165, 1.54) is 0 Å². The first-order valence-electron chi connectivity index (χ1n) is 14.0. The zero-order chi connectivity index (χ0) is 29.0. The Labute approximate surface area is 241 Å². The second-order valence-corrected chi connectivity index (χ2v) is 10.2. The summed E-state index contributed by atoms with van der Waals surface area (Å²) in [7, 11) is 0. The number of hydrogen-bond acceptors (Lipinski definition) is 5. The number of urea groups is 1. The lowest BCUT2D eigenvalue weighted by Crippen LogP contribution is -2.49. The summed E-state index contributed by atoms with van der Waals surface area (Å²) in [6.45, 7) is 2.16. The highest BCUT2D eigenvalue weighted by molar-refractivity contribution is 5.92. The molecule has 214 valence electrons. The average molecular weight is 555 g/mol. The number of nitrogens with zero attached hydrogens (tertiary/aromatic N) is 2. The zero-order valence-electron chi connectivity index (χ0n) is 23.2. The van der Waals surface area contributed by atoms with Gasteiger partial charge >= 0.3 is 6.03 Å². The molecule has 0 fully saturated rings. The Morgan fingerprint density at radius 1 is 0.854 bits per heavy atom.